The molecule has 0 amide bonds. The molecule has 0 saturated heterocycles. The second kappa shape index (κ2) is 7.32. The number of thiazole rings is 1. The van der Waals surface area contributed by atoms with E-state index in [0.717, 1.165) is 5.56 Å². The minimum Gasteiger partial charge on any atom is -0.496 e. The van der Waals surface area contributed by atoms with E-state index in [1.807, 2.05) is 30.3 Å². The maximum atomic E-state index is 13.0. The predicted octanol–water partition coefficient (Wildman–Crippen LogP) is 2.39. The summed E-state index contributed by atoms with van der Waals surface area (Å²) in [6.45, 7) is 0. The van der Waals surface area contributed by atoms with Crippen molar-refractivity contribution in [2.75, 3.05) is 21.3 Å². The SMILES string of the molecule is COc1ccccc1/C=c1\sc2nnc(-c3ccc(OC)c(OC)c3)n2c1=O. The average Bonchev–Trinajstić information content (AvgIpc) is 3.28. The molecule has 4 aromatic rings. The molecule has 0 N–H and O–H groups in total. The van der Waals surface area contributed by atoms with Crippen molar-refractivity contribution in [3.8, 4) is 28.6 Å². The van der Waals surface area contributed by atoms with Gasteiger partial charge in [-0.05, 0) is 30.3 Å². The largest absolute Gasteiger partial charge is 0.496 e. The number of ether oxygens (including phenoxy) is 3. The lowest BCUT2D eigenvalue weighted by molar-refractivity contribution is 0.355. The molecular formula is C20H17N3O4S. The first-order valence-corrected chi connectivity index (χ1v) is 9.23. The minimum atomic E-state index is -0.180. The molecule has 8 heteroatoms. The Bertz CT molecular complexity index is 1260. The topological polar surface area (TPSA) is 75.0 Å². The van der Waals surface area contributed by atoms with Crippen LogP contribution in [0.3, 0.4) is 0 Å². The van der Waals surface area contributed by atoms with Crippen molar-refractivity contribution < 1.29 is 14.2 Å². The van der Waals surface area contributed by atoms with Crippen LogP contribution in [0.2, 0.25) is 0 Å². The summed E-state index contributed by atoms with van der Waals surface area (Å²) in [6.07, 6.45) is 1.80. The highest BCUT2D eigenvalue weighted by atomic mass is 32.1. The van der Waals surface area contributed by atoms with Gasteiger partial charge in [-0.1, -0.05) is 29.5 Å². The van der Waals surface area contributed by atoms with Crippen molar-refractivity contribution >= 4 is 22.4 Å². The standard InChI is InChI=1S/C20H17N3O4S/c1-25-14-7-5-4-6-12(14)11-17-19(24)23-18(21-22-20(23)28-17)13-8-9-15(26-2)16(10-13)27-3/h4-11H,1-3H3/b17-11-. The van der Waals surface area contributed by atoms with Gasteiger partial charge in [0.25, 0.3) is 5.56 Å². The number of fused-ring (bicyclic) bond motifs is 1. The maximum absolute atomic E-state index is 13.0. The van der Waals surface area contributed by atoms with E-state index in [9.17, 15) is 4.79 Å². The van der Waals surface area contributed by atoms with Crippen LogP contribution in [0.15, 0.2) is 47.3 Å². The van der Waals surface area contributed by atoms with Gasteiger partial charge in [0.2, 0.25) is 4.96 Å². The Morgan fingerprint density at radius 2 is 1.68 bits per heavy atom. The third kappa shape index (κ3) is 2.97. The summed E-state index contributed by atoms with van der Waals surface area (Å²) in [6, 6.07) is 12.9. The van der Waals surface area contributed by atoms with Crippen LogP contribution in [0.5, 0.6) is 17.2 Å². The van der Waals surface area contributed by atoms with Crippen LogP contribution >= 0.6 is 11.3 Å². The third-order valence-corrected chi connectivity index (χ3v) is 5.27. The molecule has 0 fully saturated rings. The van der Waals surface area contributed by atoms with E-state index in [4.69, 9.17) is 14.2 Å². The Morgan fingerprint density at radius 3 is 2.43 bits per heavy atom. The summed E-state index contributed by atoms with van der Waals surface area (Å²) in [4.78, 5) is 13.6. The van der Waals surface area contributed by atoms with Gasteiger partial charge >= 0.3 is 0 Å². The van der Waals surface area contributed by atoms with Crippen molar-refractivity contribution in [2.24, 2.45) is 0 Å². The number of benzene rings is 2. The van der Waals surface area contributed by atoms with Crippen LogP contribution in [0, 0.1) is 0 Å². The van der Waals surface area contributed by atoms with Crippen molar-refractivity contribution in [1.82, 2.24) is 14.6 Å². The van der Waals surface area contributed by atoms with E-state index in [-0.39, 0.29) is 5.56 Å². The number of hydrogen-bond donors (Lipinski definition) is 0. The molecule has 142 valence electrons. The van der Waals surface area contributed by atoms with Gasteiger partial charge in [-0.15, -0.1) is 10.2 Å². The molecule has 28 heavy (non-hydrogen) atoms. The molecule has 7 nitrogen and oxygen atoms in total. The summed E-state index contributed by atoms with van der Waals surface area (Å²) in [7, 11) is 4.73. The lowest BCUT2D eigenvalue weighted by Gasteiger charge is -2.08. The summed E-state index contributed by atoms with van der Waals surface area (Å²) < 4.78 is 18.0. The van der Waals surface area contributed by atoms with Crippen LogP contribution in [0.1, 0.15) is 5.56 Å². The zero-order chi connectivity index (χ0) is 19.7. The normalized spacial score (nSPS) is 11.8. The molecule has 0 radical (unpaired) electrons. The molecule has 0 aliphatic carbocycles. The molecule has 0 aliphatic heterocycles. The summed E-state index contributed by atoms with van der Waals surface area (Å²) in [5.74, 6) is 2.31. The van der Waals surface area contributed by atoms with Gasteiger partial charge in [0, 0.05) is 11.1 Å². The van der Waals surface area contributed by atoms with Gasteiger partial charge in [-0.25, -0.2) is 4.40 Å². The van der Waals surface area contributed by atoms with Crippen LogP contribution in [0.4, 0.5) is 0 Å². The number of aromatic nitrogens is 3. The van der Waals surface area contributed by atoms with Crippen molar-refractivity contribution in [2.45, 2.75) is 0 Å². The van der Waals surface area contributed by atoms with Crippen LogP contribution in [-0.4, -0.2) is 35.9 Å². The summed E-state index contributed by atoms with van der Waals surface area (Å²) in [5, 5.41) is 8.35. The number of nitrogens with zero attached hydrogens (tertiary/aromatic N) is 3. The molecule has 0 aliphatic rings. The zero-order valence-electron chi connectivity index (χ0n) is 15.5. The van der Waals surface area contributed by atoms with Crippen molar-refractivity contribution in [1.29, 1.82) is 0 Å². The first kappa shape index (κ1) is 18.0. The van der Waals surface area contributed by atoms with Gasteiger partial charge in [-0.2, -0.15) is 0 Å². The molecule has 0 bridgehead atoms. The fourth-order valence-corrected chi connectivity index (χ4v) is 3.86. The summed E-state index contributed by atoms with van der Waals surface area (Å²) >= 11 is 1.28. The number of para-hydroxylation sites is 1. The Balaban J connectivity index is 1.88. The molecule has 2 aromatic carbocycles. The van der Waals surface area contributed by atoms with Crippen molar-refractivity contribution in [3.05, 3.63) is 62.9 Å². The fraction of sp³-hybridized carbons (Fsp3) is 0.150. The molecular weight excluding hydrogens is 378 g/mol. The fourth-order valence-electron chi connectivity index (χ4n) is 2.95. The molecule has 0 saturated carbocycles. The molecule has 0 atom stereocenters. The quantitative estimate of drug-likeness (QED) is 0.517. The molecule has 0 unspecified atom stereocenters. The Kier molecular flexibility index (Phi) is 4.70. The van der Waals surface area contributed by atoms with Gasteiger partial charge in [-0.3, -0.25) is 4.79 Å². The smallest absolute Gasteiger partial charge is 0.276 e. The van der Waals surface area contributed by atoms with Crippen molar-refractivity contribution in [3.63, 3.8) is 0 Å². The first-order chi connectivity index (χ1) is 13.7. The van der Waals surface area contributed by atoms with Crippen LogP contribution < -0.4 is 24.3 Å². The Hall–Kier alpha value is -3.39. The molecule has 2 heterocycles. The highest BCUT2D eigenvalue weighted by molar-refractivity contribution is 7.15. The maximum Gasteiger partial charge on any atom is 0.276 e. The van der Waals surface area contributed by atoms with E-state index in [0.29, 0.717) is 38.1 Å². The van der Waals surface area contributed by atoms with E-state index >= 15 is 0 Å². The molecule has 2 aromatic heterocycles. The highest BCUT2D eigenvalue weighted by Gasteiger charge is 2.16. The van der Waals surface area contributed by atoms with Gasteiger partial charge in [0.15, 0.2) is 17.3 Å². The second-order valence-electron chi connectivity index (χ2n) is 5.87. The lowest BCUT2D eigenvalue weighted by Crippen LogP contribution is -2.23. The Labute approximate surface area is 164 Å². The van der Waals surface area contributed by atoms with Gasteiger partial charge < -0.3 is 14.2 Å². The third-order valence-electron chi connectivity index (χ3n) is 4.32. The number of methoxy groups -OCH3 is 3. The van der Waals surface area contributed by atoms with E-state index in [2.05, 4.69) is 10.2 Å². The lowest BCUT2D eigenvalue weighted by atomic mass is 10.2. The van der Waals surface area contributed by atoms with E-state index in [1.165, 1.54) is 15.7 Å². The second-order valence-corrected chi connectivity index (χ2v) is 6.88. The Morgan fingerprint density at radius 1 is 0.929 bits per heavy atom. The zero-order valence-corrected chi connectivity index (χ0v) is 16.3. The van der Waals surface area contributed by atoms with E-state index in [1.54, 1.807) is 39.5 Å². The van der Waals surface area contributed by atoms with Gasteiger partial charge in [0.05, 0.1) is 25.9 Å². The minimum absolute atomic E-state index is 0.180. The molecule has 0 spiro atoms. The number of hydrogen-bond acceptors (Lipinski definition) is 7. The predicted molar refractivity (Wildman–Crippen MR) is 107 cm³/mol. The number of rotatable bonds is 5. The van der Waals surface area contributed by atoms with Crippen LogP contribution in [0.25, 0.3) is 22.4 Å². The van der Waals surface area contributed by atoms with E-state index < -0.39 is 0 Å². The monoisotopic (exact) mass is 395 g/mol. The first-order valence-electron chi connectivity index (χ1n) is 8.41. The average molecular weight is 395 g/mol. The van der Waals surface area contributed by atoms with Gasteiger partial charge in [0.1, 0.15) is 5.75 Å². The van der Waals surface area contributed by atoms with Crippen LogP contribution in [-0.2, 0) is 0 Å². The summed E-state index contributed by atoms with van der Waals surface area (Å²) in [5.41, 5.74) is 1.36. The highest BCUT2D eigenvalue weighted by Crippen LogP contribution is 2.31. The molecule has 4 rings (SSSR count).